The Morgan fingerprint density at radius 2 is 1.95 bits per heavy atom. The van der Waals surface area contributed by atoms with E-state index in [-0.39, 0.29) is 5.92 Å². The number of H-pyrrole nitrogens is 1. The number of aromatic nitrogens is 3. The third-order valence-electron chi connectivity index (χ3n) is 3.33. The van der Waals surface area contributed by atoms with Gasteiger partial charge in [0.25, 0.3) is 0 Å². The van der Waals surface area contributed by atoms with Gasteiger partial charge in [0.15, 0.2) is 5.82 Å². The van der Waals surface area contributed by atoms with Gasteiger partial charge >= 0.3 is 0 Å². The van der Waals surface area contributed by atoms with E-state index in [1.165, 1.54) is 10.8 Å². The molecule has 0 bridgehead atoms. The molecular formula is C16H16N4S. The molecule has 106 valence electrons. The number of aromatic amines is 1. The molecular weight excluding hydrogens is 280 g/mol. The average molecular weight is 296 g/mol. The van der Waals surface area contributed by atoms with Crippen LogP contribution in [-0.4, -0.2) is 21.1 Å². The van der Waals surface area contributed by atoms with Crippen LogP contribution in [-0.2, 0) is 0 Å². The molecule has 0 aliphatic heterocycles. The fourth-order valence-corrected chi connectivity index (χ4v) is 2.46. The molecule has 0 amide bonds. The van der Waals surface area contributed by atoms with Crippen LogP contribution in [0.5, 0.6) is 0 Å². The van der Waals surface area contributed by atoms with Crippen molar-refractivity contribution in [3.05, 3.63) is 58.6 Å². The molecule has 0 saturated carbocycles. The molecule has 3 aromatic rings. The van der Waals surface area contributed by atoms with E-state index in [2.05, 4.69) is 47.3 Å². The van der Waals surface area contributed by atoms with Crippen molar-refractivity contribution in [1.29, 1.82) is 0 Å². The minimum atomic E-state index is 0.252. The molecule has 4 nitrogen and oxygen atoms in total. The average Bonchev–Trinajstić information content (AvgIpc) is 2.86. The zero-order valence-electron chi connectivity index (χ0n) is 11.9. The molecule has 1 N–H and O–H groups in total. The molecule has 0 aliphatic rings. The van der Waals surface area contributed by atoms with E-state index in [1.54, 1.807) is 4.68 Å². The van der Waals surface area contributed by atoms with Crippen LogP contribution in [0.1, 0.15) is 31.2 Å². The zero-order valence-corrected chi connectivity index (χ0v) is 12.8. The van der Waals surface area contributed by atoms with Crippen molar-refractivity contribution in [2.45, 2.75) is 19.8 Å². The van der Waals surface area contributed by atoms with Crippen LogP contribution in [0.3, 0.4) is 0 Å². The molecule has 0 unspecified atom stereocenters. The summed E-state index contributed by atoms with van der Waals surface area (Å²) in [5.41, 5.74) is 1.06. The molecule has 0 spiro atoms. The molecule has 0 atom stereocenters. The molecule has 0 radical (unpaired) electrons. The number of nitrogens with zero attached hydrogens (tertiary/aromatic N) is 3. The summed E-state index contributed by atoms with van der Waals surface area (Å²) in [6.07, 6.45) is 1.83. The lowest BCUT2D eigenvalue weighted by Gasteiger charge is -2.04. The Bertz CT molecular complexity index is 853. The summed E-state index contributed by atoms with van der Waals surface area (Å²) in [5.74, 6) is 1.08. The number of benzene rings is 2. The molecule has 0 fully saturated rings. The van der Waals surface area contributed by atoms with E-state index >= 15 is 0 Å². The number of hydrogen-bond donors (Lipinski definition) is 1. The van der Waals surface area contributed by atoms with Crippen LogP contribution in [0.15, 0.2) is 47.6 Å². The third-order valence-corrected chi connectivity index (χ3v) is 3.59. The van der Waals surface area contributed by atoms with Crippen LogP contribution >= 0.6 is 12.2 Å². The molecule has 21 heavy (non-hydrogen) atoms. The van der Waals surface area contributed by atoms with Crippen LogP contribution in [0.4, 0.5) is 0 Å². The summed E-state index contributed by atoms with van der Waals surface area (Å²) in [6, 6.07) is 14.4. The first-order valence-corrected chi connectivity index (χ1v) is 7.27. The molecule has 1 heterocycles. The Hall–Kier alpha value is -2.27. The Kier molecular flexibility index (Phi) is 3.66. The maximum atomic E-state index is 5.23. The first kappa shape index (κ1) is 13.7. The Morgan fingerprint density at radius 3 is 2.76 bits per heavy atom. The van der Waals surface area contributed by atoms with Crippen LogP contribution in [0, 0.1) is 4.77 Å². The molecule has 2 aromatic carbocycles. The minimum Gasteiger partial charge on any atom is -0.250 e. The van der Waals surface area contributed by atoms with Crippen molar-refractivity contribution >= 4 is 29.2 Å². The van der Waals surface area contributed by atoms with E-state index in [9.17, 15) is 0 Å². The minimum absolute atomic E-state index is 0.252. The van der Waals surface area contributed by atoms with E-state index < -0.39 is 0 Å². The zero-order chi connectivity index (χ0) is 14.8. The van der Waals surface area contributed by atoms with Crippen LogP contribution in [0.25, 0.3) is 10.8 Å². The smallest absolute Gasteiger partial charge is 0.216 e. The molecule has 1 aromatic heterocycles. The largest absolute Gasteiger partial charge is 0.250 e. The normalized spacial score (nSPS) is 11.8. The second kappa shape index (κ2) is 5.61. The van der Waals surface area contributed by atoms with Gasteiger partial charge in [0.1, 0.15) is 0 Å². The second-order valence-corrected chi connectivity index (χ2v) is 5.55. The maximum absolute atomic E-state index is 5.23. The third kappa shape index (κ3) is 2.64. The van der Waals surface area contributed by atoms with Crippen molar-refractivity contribution in [2.75, 3.05) is 0 Å². The van der Waals surface area contributed by atoms with Gasteiger partial charge in [0.05, 0.1) is 6.21 Å². The predicted octanol–water partition coefficient (Wildman–Crippen LogP) is 4.10. The highest BCUT2D eigenvalue weighted by Crippen LogP contribution is 2.17. The standard InChI is InChI=1S/C16H16N4S/c1-11(2)15-18-19-16(21)20(15)17-10-13-8-5-7-12-6-3-4-9-14(12)13/h3-11H,1-2H3,(H,19,21)/b17-10+. The van der Waals surface area contributed by atoms with Crippen molar-refractivity contribution < 1.29 is 0 Å². The van der Waals surface area contributed by atoms with Gasteiger partial charge in [0.2, 0.25) is 4.77 Å². The van der Waals surface area contributed by atoms with E-state index in [1.807, 2.05) is 30.5 Å². The van der Waals surface area contributed by atoms with Crippen molar-refractivity contribution in [1.82, 2.24) is 14.9 Å². The quantitative estimate of drug-likeness (QED) is 0.584. The van der Waals surface area contributed by atoms with Crippen LogP contribution in [0.2, 0.25) is 0 Å². The highest BCUT2D eigenvalue weighted by molar-refractivity contribution is 7.71. The van der Waals surface area contributed by atoms with E-state index in [4.69, 9.17) is 12.2 Å². The summed E-state index contributed by atoms with van der Waals surface area (Å²) in [6.45, 7) is 4.13. The maximum Gasteiger partial charge on any atom is 0.216 e. The van der Waals surface area contributed by atoms with Crippen molar-refractivity contribution in [2.24, 2.45) is 5.10 Å². The summed E-state index contributed by atoms with van der Waals surface area (Å²) in [7, 11) is 0. The monoisotopic (exact) mass is 296 g/mol. The van der Waals surface area contributed by atoms with Crippen molar-refractivity contribution in [3.8, 4) is 0 Å². The topological polar surface area (TPSA) is 46.0 Å². The number of rotatable bonds is 3. The van der Waals surface area contributed by atoms with E-state index in [0.29, 0.717) is 4.77 Å². The van der Waals surface area contributed by atoms with Gasteiger partial charge in [-0.1, -0.05) is 56.3 Å². The summed E-state index contributed by atoms with van der Waals surface area (Å²) >= 11 is 5.23. The van der Waals surface area contributed by atoms with Gasteiger partial charge in [-0.2, -0.15) is 14.9 Å². The molecule has 0 saturated heterocycles. The Morgan fingerprint density at radius 1 is 1.19 bits per heavy atom. The first-order valence-electron chi connectivity index (χ1n) is 6.86. The predicted molar refractivity (Wildman–Crippen MR) is 88.4 cm³/mol. The SMILES string of the molecule is CC(C)c1n[nH]c(=S)n1/N=C/c1cccc2ccccc12. The highest BCUT2D eigenvalue weighted by atomic mass is 32.1. The molecule has 3 rings (SSSR count). The van der Waals surface area contributed by atoms with Gasteiger partial charge in [-0.05, 0) is 23.0 Å². The fraction of sp³-hybridized carbons (Fsp3) is 0.188. The van der Waals surface area contributed by atoms with Crippen molar-refractivity contribution in [3.63, 3.8) is 0 Å². The first-order chi connectivity index (χ1) is 10.2. The Labute approximate surface area is 128 Å². The molecule has 0 aliphatic carbocycles. The lowest BCUT2D eigenvalue weighted by molar-refractivity contribution is 0.695. The number of hydrogen-bond acceptors (Lipinski definition) is 3. The van der Waals surface area contributed by atoms with Gasteiger partial charge in [0, 0.05) is 11.5 Å². The molecule has 5 heteroatoms. The summed E-state index contributed by atoms with van der Waals surface area (Å²) < 4.78 is 2.19. The summed E-state index contributed by atoms with van der Waals surface area (Å²) in [5, 5.41) is 13.9. The van der Waals surface area contributed by atoms with Crippen LogP contribution < -0.4 is 0 Å². The van der Waals surface area contributed by atoms with Gasteiger partial charge in [-0.3, -0.25) is 5.10 Å². The fourth-order valence-electron chi connectivity index (χ4n) is 2.27. The summed E-state index contributed by atoms with van der Waals surface area (Å²) in [4.78, 5) is 0. The highest BCUT2D eigenvalue weighted by Gasteiger charge is 2.08. The van der Waals surface area contributed by atoms with E-state index in [0.717, 1.165) is 11.4 Å². The number of fused-ring (bicyclic) bond motifs is 1. The Balaban J connectivity index is 2.07. The second-order valence-electron chi connectivity index (χ2n) is 5.17. The van der Waals surface area contributed by atoms with Gasteiger partial charge in [-0.25, -0.2) is 0 Å². The van der Waals surface area contributed by atoms with Gasteiger partial charge < -0.3 is 0 Å². The lowest BCUT2D eigenvalue weighted by Crippen LogP contribution is -2.01. The lowest BCUT2D eigenvalue weighted by atomic mass is 10.1. The number of nitrogens with one attached hydrogen (secondary N) is 1. The van der Waals surface area contributed by atoms with Gasteiger partial charge in [-0.15, -0.1) is 0 Å².